The minimum atomic E-state index is -0.514. The van der Waals surface area contributed by atoms with Gasteiger partial charge >= 0.3 is 0 Å². The molecule has 2 aromatic rings. The van der Waals surface area contributed by atoms with E-state index in [2.05, 4.69) is 17.2 Å². The molecule has 1 heterocycles. The molecule has 0 radical (unpaired) electrons. The van der Waals surface area contributed by atoms with Gasteiger partial charge in [0.25, 0.3) is 0 Å². The van der Waals surface area contributed by atoms with Crippen molar-refractivity contribution in [3.63, 3.8) is 0 Å². The molecule has 8 heteroatoms. The lowest BCUT2D eigenvalue weighted by Crippen LogP contribution is -2.30. The van der Waals surface area contributed by atoms with Crippen molar-refractivity contribution < 1.29 is 9.59 Å². The number of carbonyl (C=O) groups excluding carboxylic acids is 2. The van der Waals surface area contributed by atoms with Gasteiger partial charge < -0.3 is 5.32 Å². The maximum atomic E-state index is 12.6. The highest BCUT2D eigenvalue weighted by Crippen LogP contribution is 2.32. The number of thioether (sulfide) groups is 1. The Kier molecular flexibility index (Phi) is 6.65. The van der Waals surface area contributed by atoms with Gasteiger partial charge in [0.1, 0.15) is 5.25 Å². The number of hydrogen-bond acceptors (Lipinski definition) is 4. The fraction of sp³-hybridized carbons (Fsp3) is 0.250. The van der Waals surface area contributed by atoms with Crippen molar-refractivity contribution in [1.29, 1.82) is 0 Å². The normalized spacial score (nSPS) is 18.0. The van der Waals surface area contributed by atoms with Crippen molar-refractivity contribution in [2.24, 2.45) is 4.99 Å². The van der Waals surface area contributed by atoms with Crippen LogP contribution in [0.5, 0.6) is 0 Å². The first-order valence-electron chi connectivity index (χ1n) is 8.74. The summed E-state index contributed by atoms with van der Waals surface area (Å²) in [5, 5.41) is 3.60. The highest BCUT2D eigenvalue weighted by atomic mass is 35.5. The van der Waals surface area contributed by atoms with Crippen molar-refractivity contribution >= 4 is 63.3 Å². The second kappa shape index (κ2) is 8.99. The molecule has 1 atom stereocenters. The van der Waals surface area contributed by atoms with Crippen LogP contribution in [0.2, 0.25) is 10.0 Å². The van der Waals surface area contributed by atoms with Crippen LogP contribution in [0.1, 0.15) is 18.9 Å². The van der Waals surface area contributed by atoms with Crippen LogP contribution in [0.25, 0.3) is 0 Å². The van der Waals surface area contributed by atoms with Crippen molar-refractivity contribution in [1.82, 2.24) is 4.90 Å². The SMILES string of the molecule is CCc1ccccc1N=C1S[C@H](CC(=O)Nc2ccc(Cl)c(Cl)c2)C(=O)N1C. The number of nitrogens with zero attached hydrogens (tertiary/aromatic N) is 2. The number of aryl methyl sites for hydroxylation is 1. The van der Waals surface area contributed by atoms with Crippen LogP contribution in [0, 0.1) is 0 Å². The molecule has 28 heavy (non-hydrogen) atoms. The smallest absolute Gasteiger partial charge is 0.242 e. The van der Waals surface area contributed by atoms with E-state index in [1.807, 2.05) is 24.3 Å². The molecule has 1 aliphatic rings. The number of para-hydroxylation sites is 1. The van der Waals surface area contributed by atoms with Crippen LogP contribution in [0.15, 0.2) is 47.5 Å². The largest absolute Gasteiger partial charge is 0.326 e. The molecule has 1 N–H and O–H groups in total. The molecule has 1 saturated heterocycles. The lowest BCUT2D eigenvalue weighted by Gasteiger charge is -2.10. The third-order valence-electron chi connectivity index (χ3n) is 4.30. The van der Waals surface area contributed by atoms with Crippen LogP contribution in [-0.4, -0.2) is 34.2 Å². The third kappa shape index (κ3) is 4.69. The van der Waals surface area contributed by atoms with E-state index in [0.29, 0.717) is 20.9 Å². The number of aliphatic imine (C=N–C) groups is 1. The van der Waals surface area contributed by atoms with Crippen LogP contribution in [-0.2, 0) is 16.0 Å². The summed E-state index contributed by atoms with van der Waals surface area (Å²) >= 11 is 13.2. The van der Waals surface area contributed by atoms with Gasteiger partial charge in [-0.05, 0) is 36.2 Å². The first kappa shape index (κ1) is 20.7. The van der Waals surface area contributed by atoms with Crippen LogP contribution in [0.4, 0.5) is 11.4 Å². The molecule has 0 spiro atoms. The Morgan fingerprint density at radius 3 is 2.68 bits per heavy atom. The Bertz CT molecular complexity index is 949. The number of amidine groups is 1. The molecule has 0 saturated carbocycles. The molecule has 2 aromatic carbocycles. The molecule has 2 amide bonds. The summed E-state index contributed by atoms with van der Waals surface area (Å²) in [5.41, 5.74) is 2.49. The van der Waals surface area contributed by atoms with E-state index in [1.165, 1.54) is 16.7 Å². The second-order valence-electron chi connectivity index (χ2n) is 6.26. The molecule has 5 nitrogen and oxygen atoms in total. The number of nitrogens with one attached hydrogen (secondary N) is 1. The van der Waals surface area contributed by atoms with Crippen molar-refractivity contribution in [2.45, 2.75) is 25.0 Å². The molecule has 0 aromatic heterocycles. The topological polar surface area (TPSA) is 61.8 Å². The number of carbonyl (C=O) groups is 2. The number of anilines is 1. The van der Waals surface area contributed by atoms with Crippen LogP contribution in [0.3, 0.4) is 0 Å². The lowest BCUT2D eigenvalue weighted by molar-refractivity contribution is -0.127. The summed E-state index contributed by atoms with van der Waals surface area (Å²) in [5.74, 6) is -0.408. The van der Waals surface area contributed by atoms with Gasteiger partial charge in [-0.2, -0.15) is 0 Å². The Hall–Kier alpha value is -2.02. The summed E-state index contributed by atoms with van der Waals surface area (Å²) in [6.07, 6.45) is 0.896. The van der Waals surface area contributed by atoms with Gasteiger partial charge in [-0.3, -0.25) is 14.5 Å². The minimum Gasteiger partial charge on any atom is -0.326 e. The third-order valence-corrected chi connectivity index (χ3v) is 6.27. The van der Waals surface area contributed by atoms with E-state index in [4.69, 9.17) is 23.2 Å². The zero-order valence-corrected chi connectivity index (χ0v) is 17.7. The Morgan fingerprint density at radius 2 is 1.96 bits per heavy atom. The molecular weight excluding hydrogens is 417 g/mol. The predicted octanol–water partition coefficient (Wildman–Crippen LogP) is 5.15. The molecule has 0 bridgehead atoms. The Balaban J connectivity index is 1.70. The Labute approximate surface area is 178 Å². The second-order valence-corrected chi connectivity index (χ2v) is 8.25. The summed E-state index contributed by atoms with van der Waals surface area (Å²) < 4.78 is 0. The van der Waals surface area contributed by atoms with Gasteiger partial charge in [0.15, 0.2) is 5.17 Å². The summed E-state index contributed by atoms with van der Waals surface area (Å²) in [6.45, 7) is 2.06. The zero-order valence-electron chi connectivity index (χ0n) is 15.4. The van der Waals surface area contributed by atoms with Crippen LogP contribution < -0.4 is 5.32 Å². The number of benzene rings is 2. The first-order valence-corrected chi connectivity index (χ1v) is 10.4. The molecule has 1 fully saturated rings. The first-order chi connectivity index (χ1) is 13.4. The summed E-state index contributed by atoms with van der Waals surface area (Å²) in [4.78, 5) is 31.1. The molecule has 0 unspecified atom stereocenters. The fourth-order valence-corrected chi connectivity index (χ4v) is 4.22. The van der Waals surface area contributed by atoms with E-state index < -0.39 is 5.25 Å². The predicted molar refractivity (Wildman–Crippen MR) is 117 cm³/mol. The number of halogens is 2. The molecular formula is C20H19Cl2N3O2S. The van der Waals surface area contributed by atoms with Gasteiger partial charge in [0.05, 0.1) is 15.7 Å². The van der Waals surface area contributed by atoms with E-state index in [-0.39, 0.29) is 18.2 Å². The standard InChI is InChI=1S/C20H19Cl2N3O2S/c1-3-12-6-4-5-7-16(12)24-20-25(2)19(27)17(28-20)11-18(26)23-13-8-9-14(21)15(22)10-13/h4-10,17H,3,11H2,1-2H3,(H,23,26)/t17-/m1/s1. The minimum absolute atomic E-state index is 0.0442. The molecule has 3 rings (SSSR count). The van der Waals surface area contributed by atoms with Crippen LogP contribution >= 0.6 is 35.0 Å². The highest BCUT2D eigenvalue weighted by molar-refractivity contribution is 8.15. The monoisotopic (exact) mass is 435 g/mol. The number of hydrogen-bond donors (Lipinski definition) is 1. The fourth-order valence-electron chi connectivity index (χ4n) is 2.77. The van der Waals surface area contributed by atoms with Crippen molar-refractivity contribution in [3.05, 3.63) is 58.1 Å². The van der Waals surface area contributed by atoms with Gasteiger partial charge in [0, 0.05) is 19.2 Å². The van der Waals surface area contributed by atoms with Gasteiger partial charge in [0.2, 0.25) is 11.8 Å². The molecule has 1 aliphatic heterocycles. The van der Waals surface area contributed by atoms with Gasteiger partial charge in [-0.15, -0.1) is 0 Å². The van der Waals surface area contributed by atoms with E-state index >= 15 is 0 Å². The van der Waals surface area contributed by atoms with Crippen molar-refractivity contribution in [2.75, 3.05) is 12.4 Å². The van der Waals surface area contributed by atoms with E-state index in [1.54, 1.807) is 25.2 Å². The number of amides is 2. The Morgan fingerprint density at radius 1 is 1.21 bits per heavy atom. The average molecular weight is 436 g/mol. The molecule has 0 aliphatic carbocycles. The van der Waals surface area contributed by atoms with E-state index in [9.17, 15) is 9.59 Å². The van der Waals surface area contributed by atoms with Crippen molar-refractivity contribution in [3.8, 4) is 0 Å². The zero-order chi connectivity index (χ0) is 20.3. The average Bonchev–Trinajstić information content (AvgIpc) is 2.93. The van der Waals surface area contributed by atoms with Gasteiger partial charge in [-0.1, -0.05) is 60.1 Å². The maximum Gasteiger partial charge on any atom is 0.242 e. The maximum absolute atomic E-state index is 12.6. The number of rotatable bonds is 5. The quantitative estimate of drug-likeness (QED) is 0.706. The van der Waals surface area contributed by atoms with Gasteiger partial charge in [-0.25, -0.2) is 4.99 Å². The summed E-state index contributed by atoms with van der Waals surface area (Å²) in [6, 6.07) is 12.7. The lowest BCUT2D eigenvalue weighted by atomic mass is 10.1. The van der Waals surface area contributed by atoms with E-state index in [0.717, 1.165) is 17.7 Å². The summed E-state index contributed by atoms with van der Waals surface area (Å²) in [7, 11) is 1.68. The molecule has 146 valence electrons. The highest BCUT2D eigenvalue weighted by Gasteiger charge is 2.37.